The maximum absolute atomic E-state index is 12.5. The van der Waals surface area contributed by atoms with E-state index in [0.29, 0.717) is 17.4 Å². The van der Waals surface area contributed by atoms with Crippen LogP contribution in [0.15, 0.2) is 35.1 Å². The smallest absolute Gasteiger partial charge is 0.246 e. The lowest BCUT2D eigenvalue weighted by Gasteiger charge is -2.39. The molecule has 1 amide bonds. The molecule has 0 radical (unpaired) electrons. The lowest BCUT2D eigenvalue weighted by Crippen LogP contribution is -2.47. The maximum Gasteiger partial charge on any atom is 0.246 e. The van der Waals surface area contributed by atoms with Crippen LogP contribution in [0.1, 0.15) is 37.7 Å². The SMILES string of the molecule is O=C(C=Cc1ccsc1)N1CCC2(CC1)CCN(C(=S)NC1CC3C=CC1C3)C2. The zero-order valence-electron chi connectivity index (χ0n) is 16.8. The van der Waals surface area contributed by atoms with Crippen LogP contribution < -0.4 is 5.32 Å². The molecule has 1 saturated carbocycles. The van der Waals surface area contributed by atoms with Gasteiger partial charge in [-0.05, 0) is 90.0 Å². The van der Waals surface area contributed by atoms with Gasteiger partial charge in [0.25, 0.3) is 0 Å². The molecule has 3 heterocycles. The molecule has 4 nitrogen and oxygen atoms in total. The summed E-state index contributed by atoms with van der Waals surface area (Å²) >= 11 is 7.43. The van der Waals surface area contributed by atoms with Gasteiger partial charge in [-0.2, -0.15) is 11.3 Å². The van der Waals surface area contributed by atoms with Gasteiger partial charge >= 0.3 is 0 Å². The maximum atomic E-state index is 12.5. The number of rotatable bonds is 3. The van der Waals surface area contributed by atoms with Crippen LogP contribution in [0.4, 0.5) is 0 Å². The van der Waals surface area contributed by atoms with E-state index < -0.39 is 0 Å². The molecule has 5 rings (SSSR count). The number of amides is 1. The quantitative estimate of drug-likeness (QED) is 0.451. The number of thiophene rings is 1. The Hall–Kier alpha value is -1.66. The van der Waals surface area contributed by atoms with Gasteiger partial charge in [0.1, 0.15) is 0 Å². The van der Waals surface area contributed by atoms with E-state index in [9.17, 15) is 4.79 Å². The van der Waals surface area contributed by atoms with Crippen molar-refractivity contribution >= 4 is 40.7 Å². The zero-order chi connectivity index (χ0) is 19.8. The van der Waals surface area contributed by atoms with E-state index in [4.69, 9.17) is 12.2 Å². The van der Waals surface area contributed by atoms with Crippen molar-refractivity contribution in [1.82, 2.24) is 15.1 Å². The van der Waals surface area contributed by atoms with Gasteiger partial charge in [0.05, 0.1) is 0 Å². The molecular formula is C23H29N3OS2. The number of allylic oxidation sites excluding steroid dienone is 1. The number of hydrogen-bond acceptors (Lipinski definition) is 3. The molecule has 3 unspecified atom stereocenters. The highest BCUT2D eigenvalue weighted by Gasteiger charge is 2.43. The number of thiocarbonyl (C=S) groups is 1. The van der Waals surface area contributed by atoms with Gasteiger partial charge in [-0.1, -0.05) is 12.2 Å². The number of nitrogens with one attached hydrogen (secondary N) is 1. The Bertz CT molecular complexity index is 823. The number of hydrogen-bond donors (Lipinski definition) is 1. The number of nitrogens with zero attached hydrogens (tertiary/aromatic N) is 2. The molecule has 1 aromatic rings. The largest absolute Gasteiger partial charge is 0.359 e. The van der Waals surface area contributed by atoms with Crippen LogP contribution in [0.5, 0.6) is 0 Å². The molecule has 2 aliphatic carbocycles. The summed E-state index contributed by atoms with van der Waals surface area (Å²) in [5, 5.41) is 8.71. The van der Waals surface area contributed by atoms with Gasteiger partial charge in [-0.25, -0.2) is 0 Å². The first-order valence-electron chi connectivity index (χ1n) is 10.8. The number of likely N-dealkylation sites (tertiary alicyclic amines) is 2. The van der Waals surface area contributed by atoms with E-state index >= 15 is 0 Å². The minimum atomic E-state index is 0.141. The second-order valence-corrected chi connectivity index (χ2v) is 10.4. The molecule has 154 valence electrons. The highest BCUT2D eigenvalue weighted by Crippen LogP contribution is 2.42. The Morgan fingerprint density at radius 2 is 1.97 bits per heavy atom. The fourth-order valence-corrected chi connectivity index (χ4v) is 6.49. The van der Waals surface area contributed by atoms with Gasteiger partial charge in [-0.15, -0.1) is 0 Å². The summed E-state index contributed by atoms with van der Waals surface area (Å²) in [6.45, 7) is 3.81. The fourth-order valence-electron chi connectivity index (χ4n) is 5.56. The summed E-state index contributed by atoms with van der Waals surface area (Å²) in [6, 6.07) is 2.57. The van der Waals surface area contributed by atoms with E-state index in [-0.39, 0.29) is 5.91 Å². The molecule has 1 aromatic heterocycles. The van der Waals surface area contributed by atoms with Gasteiger partial charge < -0.3 is 15.1 Å². The zero-order valence-corrected chi connectivity index (χ0v) is 18.4. The third kappa shape index (κ3) is 4.02. The summed E-state index contributed by atoms with van der Waals surface area (Å²) in [5.74, 6) is 1.58. The lowest BCUT2D eigenvalue weighted by atomic mass is 9.78. The van der Waals surface area contributed by atoms with E-state index in [1.807, 2.05) is 22.4 Å². The summed E-state index contributed by atoms with van der Waals surface area (Å²) in [4.78, 5) is 16.9. The normalized spacial score (nSPS) is 30.0. The number of carbonyl (C=O) groups excluding carboxylic acids is 1. The summed E-state index contributed by atoms with van der Waals surface area (Å²) in [7, 11) is 0. The molecule has 0 aromatic carbocycles. The van der Waals surface area contributed by atoms with Gasteiger partial charge in [-0.3, -0.25) is 4.79 Å². The molecule has 2 bridgehead atoms. The first-order chi connectivity index (χ1) is 14.1. The predicted molar refractivity (Wildman–Crippen MR) is 123 cm³/mol. The highest BCUT2D eigenvalue weighted by atomic mass is 32.1. The Morgan fingerprint density at radius 1 is 1.17 bits per heavy atom. The van der Waals surface area contributed by atoms with Crippen LogP contribution in [0.3, 0.4) is 0 Å². The van der Waals surface area contributed by atoms with Crippen molar-refractivity contribution in [2.24, 2.45) is 17.3 Å². The standard InChI is InChI=1S/C23H29N3OS2/c27-21(4-2-17-5-12-29-15-17)25-9-6-23(7-10-25)8-11-26(16-23)22(28)24-20-14-18-1-3-19(20)13-18/h1-5,12,15,18-20H,6-11,13-14,16H2,(H,24,28). The second-order valence-electron chi connectivity index (χ2n) is 9.22. The molecular weight excluding hydrogens is 398 g/mol. The Labute approximate surface area is 182 Å². The third-order valence-electron chi connectivity index (χ3n) is 7.41. The van der Waals surface area contributed by atoms with Crippen molar-refractivity contribution < 1.29 is 4.79 Å². The van der Waals surface area contributed by atoms with Crippen LogP contribution in [-0.4, -0.2) is 53.0 Å². The van der Waals surface area contributed by atoms with Gasteiger partial charge in [0.15, 0.2) is 5.11 Å². The molecule has 3 fully saturated rings. The molecule has 2 aliphatic heterocycles. The van der Waals surface area contributed by atoms with Crippen LogP contribution in [0.2, 0.25) is 0 Å². The Morgan fingerprint density at radius 3 is 2.62 bits per heavy atom. The highest BCUT2D eigenvalue weighted by molar-refractivity contribution is 7.80. The Balaban J connectivity index is 1.11. The van der Waals surface area contributed by atoms with E-state index in [1.165, 1.54) is 19.3 Å². The van der Waals surface area contributed by atoms with E-state index in [0.717, 1.165) is 55.6 Å². The first-order valence-corrected chi connectivity index (χ1v) is 12.2. The molecule has 3 atom stereocenters. The van der Waals surface area contributed by atoms with Crippen molar-refractivity contribution in [2.45, 2.75) is 38.1 Å². The monoisotopic (exact) mass is 427 g/mol. The minimum absolute atomic E-state index is 0.141. The molecule has 1 spiro atoms. The van der Waals surface area contributed by atoms with Crippen molar-refractivity contribution in [3.63, 3.8) is 0 Å². The predicted octanol–water partition coefficient (Wildman–Crippen LogP) is 3.91. The average Bonchev–Trinajstić information content (AvgIpc) is 3.52. The number of carbonyl (C=O) groups is 1. The fraction of sp³-hybridized carbons (Fsp3) is 0.565. The van der Waals surface area contributed by atoms with Crippen LogP contribution in [0, 0.1) is 17.3 Å². The van der Waals surface area contributed by atoms with Crippen molar-refractivity contribution in [1.29, 1.82) is 0 Å². The summed E-state index contributed by atoms with van der Waals surface area (Å²) in [5.41, 5.74) is 1.43. The second kappa shape index (κ2) is 7.88. The number of fused-ring (bicyclic) bond motifs is 2. The molecule has 6 heteroatoms. The molecule has 1 N–H and O–H groups in total. The van der Waals surface area contributed by atoms with Gasteiger partial charge in [0, 0.05) is 38.3 Å². The summed E-state index contributed by atoms with van der Waals surface area (Å²) in [6.07, 6.45) is 14.3. The van der Waals surface area contributed by atoms with Gasteiger partial charge in [0.2, 0.25) is 5.91 Å². The minimum Gasteiger partial charge on any atom is -0.359 e. The van der Waals surface area contributed by atoms with E-state index in [2.05, 4.69) is 27.7 Å². The third-order valence-corrected chi connectivity index (χ3v) is 8.49. The topological polar surface area (TPSA) is 35.6 Å². The first kappa shape index (κ1) is 19.3. The lowest BCUT2D eigenvalue weighted by molar-refractivity contribution is -0.128. The van der Waals surface area contributed by atoms with E-state index in [1.54, 1.807) is 17.4 Å². The molecule has 2 saturated heterocycles. The molecule has 29 heavy (non-hydrogen) atoms. The van der Waals surface area contributed by atoms with Crippen molar-refractivity contribution in [3.05, 3.63) is 40.6 Å². The summed E-state index contributed by atoms with van der Waals surface area (Å²) < 4.78 is 0. The van der Waals surface area contributed by atoms with Crippen LogP contribution in [-0.2, 0) is 4.79 Å². The average molecular weight is 428 g/mol. The van der Waals surface area contributed by atoms with Crippen molar-refractivity contribution in [2.75, 3.05) is 26.2 Å². The Kier molecular flexibility index (Phi) is 5.25. The molecule has 4 aliphatic rings. The van der Waals surface area contributed by atoms with Crippen LogP contribution >= 0.6 is 23.6 Å². The van der Waals surface area contributed by atoms with Crippen LogP contribution in [0.25, 0.3) is 6.08 Å². The number of piperidine rings is 1. The van der Waals surface area contributed by atoms with Crippen molar-refractivity contribution in [3.8, 4) is 0 Å².